The van der Waals surface area contributed by atoms with Crippen molar-refractivity contribution in [2.75, 3.05) is 7.11 Å². The van der Waals surface area contributed by atoms with Crippen LogP contribution in [0.5, 0.6) is 11.5 Å². The Morgan fingerprint density at radius 2 is 2.00 bits per heavy atom. The van der Waals surface area contributed by atoms with Gasteiger partial charge >= 0.3 is 5.97 Å². The van der Waals surface area contributed by atoms with Crippen molar-refractivity contribution in [3.8, 4) is 11.5 Å². The first-order valence-electron chi connectivity index (χ1n) is 5.95. The summed E-state index contributed by atoms with van der Waals surface area (Å²) in [5.74, 6) is 0.0987. The Labute approximate surface area is 117 Å². The molecule has 0 bridgehead atoms. The summed E-state index contributed by atoms with van der Waals surface area (Å²) in [7, 11) is 1.49. The fourth-order valence-corrected chi connectivity index (χ4v) is 1.24. The molecular formula is C13H18N4O3. The van der Waals surface area contributed by atoms with Crippen molar-refractivity contribution in [1.82, 2.24) is 0 Å². The van der Waals surface area contributed by atoms with Crippen LogP contribution in [0, 0.1) is 5.92 Å². The minimum atomic E-state index is -0.328. The van der Waals surface area contributed by atoms with Crippen LogP contribution >= 0.6 is 0 Å². The van der Waals surface area contributed by atoms with Crippen LogP contribution in [0.25, 0.3) is 0 Å². The number of benzene rings is 1. The summed E-state index contributed by atoms with van der Waals surface area (Å²) in [5.41, 5.74) is 11.0. The Bertz CT molecular complexity index is 534. The molecule has 0 aliphatic heterocycles. The monoisotopic (exact) mass is 278 g/mol. The standard InChI is InChI=1S/C13H18N4O3/c1-8(2)12(18)20-10-5-4-9(6-11(10)19-3)7-16-17-13(14)15/h4-8H,1-3H3,(H4,14,15,17). The van der Waals surface area contributed by atoms with E-state index < -0.39 is 0 Å². The van der Waals surface area contributed by atoms with Crippen LogP contribution in [-0.4, -0.2) is 25.3 Å². The predicted octanol–water partition coefficient (Wildman–Crippen LogP) is 0.864. The molecule has 20 heavy (non-hydrogen) atoms. The summed E-state index contributed by atoms with van der Waals surface area (Å²) >= 11 is 0. The van der Waals surface area contributed by atoms with E-state index in [0.717, 1.165) is 0 Å². The number of ether oxygens (including phenoxy) is 2. The summed E-state index contributed by atoms with van der Waals surface area (Å²) < 4.78 is 10.4. The minimum Gasteiger partial charge on any atom is -0.493 e. The number of carbonyl (C=O) groups excluding carboxylic acids is 1. The Hall–Kier alpha value is -2.57. The normalized spacial score (nSPS) is 10.6. The molecule has 0 saturated carbocycles. The van der Waals surface area contributed by atoms with Gasteiger partial charge in [0.2, 0.25) is 5.96 Å². The van der Waals surface area contributed by atoms with Crippen LogP contribution in [-0.2, 0) is 4.79 Å². The van der Waals surface area contributed by atoms with Crippen LogP contribution in [0.3, 0.4) is 0 Å². The lowest BCUT2D eigenvalue weighted by Gasteiger charge is -2.11. The second-order valence-electron chi connectivity index (χ2n) is 4.26. The number of hydrogen-bond donors (Lipinski definition) is 2. The SMILES string of the molecule is COc1cc(C=NN=C(N)N)ccc1OC(=O)C(C)C. The molecule has 0 amide bonds. The van der Waals surface area contributed by atoms with E-state index >= 15 is 0 Å². The van der Waals surface area contributed by atoms with Gasteiger partial charge in [-0.2, -0.15) is 5.10 Å². The second-order valence-corrected chi connectivity index (χ2v) is 4.26. The minimum absolute atomic E-state index is 0.129. The zero-order chi connectivity index (χ0) is 15.1. The highest BCUT2D eigenvalue weighted by atomic mass is 16.6. The average Bonchev–Trinajstić information content (AvgIpc) is 2.39. The summed E-state index contributed by atoms with van der Waals surface area (Å²) in [6.45, 7) is 3.51. The molecule has 1 aromatic carbocycles. The predicted molar refractivity (Wildman–Crippen MR) is 76.9 cm³/mol. The lowest BCUT2D eigenvalue weighted by molar-refractivity contribution is -0.137. The molecule has 0 heterocycles. The molecule has 4 N–H and O–H groups in total. The van der Waals surface area contributed by atoms with E-state index in [-0.39, 0.29) is 17.8 Å². The zero-order valence-corrected chi connectivity index (χ0v) is 11.7. The van der Waals surface area contributed by atoms with Gasteiger partial charge in [-0.25, -0.2) is 0 Å². The van der Waals surface area contributed by atoms with Crippen LogP contribution in [0.4, 0.5) is 0 Å². The lowest BCUT2D eigenvalue weighted by atomic mass is 10.2. The van der Waals surface area contributed by atoms with Gasteiger partial charge in [-0.05, 0) is 23.8 Å². The Morgan fingerprint density at radius 1 is 1.30 bits per heavy atom. The number of nitrogens with two attached hydrogens (primary N) is 2. The Balaban J connectivity index is 2.93. The van der Waals surface area contributed by atoms with Gasteiger partial charge in [-0.15, -0.1) is 5.10 Å². The van der Waals surface area contributed by atoms with Crippen molar-refractivity contribution in [2.45, 2.75) is 13.8 Å². The first-order valence-corrected chi connectivity index (χ1v) is 5.95. The van der Waals surface area contributed by atoms with Gasteiger partial charge in [-0.3, -0.25) is 4.79 Å². The highest BCUT2D eigenvalue weighted by molar-refractivity contribution is 5.83. The first kappa shape index (κ1) is 15.5. The molecule has 0 spiro atoms. The molecule has 0 fully saturated rings. The maximum atomic E-state index is 11.6. The van der Waals surface area contributed by atoms with Gasteiger partial charge in [-0.1, -0.05) is 13.8 Å². The van der Waals surface area contributed by atoms with Crippen LogP contribution in [0.15, 0.2) is 28.4 Å². The van der Waals surface area contributed by atoms with Crippen molar-refractivity contribution in [3.63, 3.8) is 0 Å². The third-order valence-corrected chi connectivity index (χ3v) is 2.25. The van der Waals surface area contributed by atoms with Crippen LogP contribution in [0.2, 0.25) is 0 Å². The van der Waals surface area contributed by atoms with E-state index in [1.165, 1.54) is 13.3 Å². The van der Waals surface area contributed by atoms with E-state index in [2.05, 4.69) is 10.2 Å². The molecule has 7 heteroatoms. The number of nitrogens with zero attached hydrogens (tertiary/aromatic N) is 2. The molecule has 0 radical (unpaired) electrons. The fourth-order valence-electron chi connectivity index (χ4n) is 1.24. The molecule has 7 nitrogen and oxygen atoms in total. The molecule has 108 valence electrons. The number of guanidine groups is 1. The molecule has 0 aliphatic carbocycles. The quantitative estimate of drug-likeness (QED) is 0.273. The summed E-state index contributed by atoms with van der Waals surface area (Å²) in [6, 6.07) is 4.99. The highest BCUT2D eigenvalue weighted by Gasteiger charge is 2.13. The van der Waals surface area contributed by atoms with Gasteiger partial charge in [0.25, 0.3) is 0 Å². The van der Waals surface area contributed by atoms with Gasteiger partial charge in [0, 0.05) is 0 Å². The van der Waals surface area contributed by atoms with E-state index in [4.69, 9.17) is 20.9 Å². The largest absolute Gasteiger partial charge is 0.493 e. The second kappa shape index (κ2) is 7.13. The van der Waals surface area contributed by atoms with Crippen LogP contribution in [0.1, 0.15) is 19.4 Å². The number of rotatable bonds is 5. The molecule has 1 rings (SSSR count). The maximum Gasteiger partial charge on any atom is 0.313 e. The average molecular weight is 278 g/mol. The fraction of sp³-hybridized carbons (Fsp3) is 0.308. The van der Waals surface area contributed by atoms with E-state index in [1.807, 2.05) is 0 Å². The summed E-state index contributed by atoms with van der Waals surface area (Å²) in [6.07, 6.45) is 1.45. The lowest BCUT2D eigenvalue weighted by Crippen LogP contribution is -2.21. The molecule has 1 aromatic rings. The smallest absolute Gasteiger partial charge is 0.313 e. The maximum absolute atomic E-state index is 11.6. The van der Waals surface area contributed by atoms with Gasteiger partial charge in [0.1, 0.15) is 0 Å². The number of carbonyl (C=O) groups is 1. The summed E-state index contributed by atoms with van der Waals surface area (Å²) in [5, 5.41) is 7.17. The van der Waals surface area contributed by atoms with Crippen molar-refractivity contribution >= 4 is 18.1 Å². The summed E-state index contributed by atoms with van der Waals surface area (Å²) in [4.78, 5) is 11.6. The zero-order valence-electron chi connectivity index (χ0n) is 11.7. The van der Waals surface area contributed by atoms with Crippen molar-refractivity contribution < 1.29 is 14.3 Å². The van der Waals surface area contributed by atoms with Crippen molar-refractivity contribution in [1.29, 1.82) is 0 Å². The van der Waals surface area contributed by atoms with E-state index in [9.17, 15) is 4.79 Å². The van der Waals surface area contributed by atoms with Gasteiger partial charge < -0.3 is 20.9 Å². The number of esters is 1. The van der Waals surface area contributed by atoms with Crippen molar-refractivity contribution in [2.24, 2.45) is 27.6 Å². The molecule has 0 unspecified atom stereocenters. The van der Waals surface area contributed by atoms with Gasteiger partial charge in [0.05, 0.1) is 19.2 Å². The van der Waals surface area contributed by atoms with Crippen LogP contribution < -0.4 is 20.9 Å². The molecule has 0 atom stereocenters. The molecule has 0 aromatic heterocycles. The molecular weight excluding hydrogens is 260 g/mol. The number of methoxy groups -OCH3 is 1. The highest BCUT2D eigenvalue weighted by Crippen LogP contribution is 2.28. The first-order chi connectivity index (χ1) is 9.43. The Kier molecular flexibility index (Phi) is 5.52. The molecule has 0 aliphatic rings. The van der Waals surface area contributed by atoms with Gasteiger partial charge in [0.15, 0.2) is 11.5 Å². The van der Waals surface area contributed by atoms with E-state index in [0.29, 0.717) is 17.1 Å². The topological polar surface area (TPSA) is 112 Å². The Morgan fingerprint density at radius 3 is 2.55 bits per heavy atom. The number of hydrogen-bond acceptors (Lipinski definition) is 5. The third-order valence-electron chi connectivity index (χ3n) is 2.25. The third kappa shape index (κ3) is 4.60. The van der Waals surface area contributed by atoms with E-state index in [1.54, 1.807) is 32.0 Å². The molecule has 0 saturated heterocycles. The van der Waals surface area contributed by atoms with Crippen molar-refractivity contribution in [3.05, 3.63) is 23.8 Å².